The van der Waals surface area contributed by atoms with Crippen molar-refractivity contribution in [2.45, 2.75) is 32.8 Å². The third-order valence-electron chi connectivity index (χ3n) is 4.27. The molecule has 0 saturated carbocycles. The highest BCUT2D eigenvalue weighted by atomic mass is 16.5. The molecular formula is C18H22N4O3. The molecule has 7 nitrogen and oxygen atoms in total. The predicted molar refractivity (Wildman–Crippen MR) is 93.3 cm³/mol. The number of hydrogen-bond donors (Lipinski definition) is 2. The van der Waals surface area contributed by atoms with Gasteiger partial charge in [0, 0.05) is 25.3 Å². The second-order valence-electron chi connectivity index (χ2n) is 6.15. The normalized spacial score (nSPS) is 16.8. The zero-order chi connectivity index (χ0) is 17.8. The van der Waals surface area contributed by atoms with Crippen molar-refractivity contribution in [3.8, 4) is 0 Å². The molecule has 0 radical (unpaired) electrons. The smallest absolute Gasteiger partial charge is 0.251 e. The van der Waals surface area contributed by atoms with Gasteiger partial charge in [-0.3, -0.25) is 9.59 Å². The lowest BCUT2D eigenvalue weighted by Crippen LogP contribution is -2.39. The van der Waals surface area contributed by atoms with Crippen LogP contribution in [0.4, 0.5) is 0 Å². The van der Waals surface area contributed by atoms with E-state index in [4.69, 9.17) is 4.74 Å². The first-order valence-corrected chi connectivity index (χ1v) is 8.47. The van der Waals surface area contributed by atoms with Crippen LogP contribution in [0, 0.1) is 13.8 Å². The van der Waals surface area contributed by atoms with E-state index in [0.29, 0.717) is 30.8 Å². The minimum atomic E-state index is -0.346. The summed E-state index contributed by atoms with van der Waals surface area (Å²) >= 11 is 0. The quantitative estimate of drug-likeness (QED) is 0.798. The van der Waals surface area contributed by atoms with Crippen LogP contribution >= 0.6 is 0 Å². The molecule has 25 heavy (non-hydrogen) atoms. The predicted octanol–water partition coefficient (Wildman–Crippen LogP) is 1.27. The molecule has 1 aliphatic heterocycles. The third-order valence-corrected chi connectivity index (χ3v) is 4.27. The molecule has 1 saturated heterocycles. The van der Waals surface area contributed by atoms with Gasteiger partial charge < -0.3 is 15.4 Å². The van der Waals surface area contributed by atoms with Gasteiger partial charge in [-0.15, -0.1) is 0 Å². The van der Waals surface area contributed by atoms with Crippen LogP contribution in [0.1, 0.15) is 34.6 Å². The maximum Gasteiger partial charge on any atom is 0.251 e. The minimum absolute atomic E-state index is 0.112. The number of carbonyl (C=O) groups excluding carboxylic acids is 2. The molecule has 0 aliphatic carbocycles. The van der Waals surface area contributed by atoms with E-state index >= 15 is 0 Å². The Balaban J connectivity index is 1.53. The van der Waals surface area contributed by atoms with Crippen LogP contribution in [-0.4, -0.2) is 47.6 Å². The number of aromatic nitrogens is 2. The van der Waals surface area contributed by atoms with Crippen LogP contribution in [0.5, 0.6) is 0 Å². The Morgan fingerprint density at radius 3 is 2.56 bits per heavy atom. The molecule has 0 bridgehead atoms. The summed E-state index contributed by atoms with van der Waals surface area (Å²) in [7, 11) is 0. The molecule has 1 aromatic heterocycles. The first-order valence-electron chi connectivity index (χ1n) is 8.47. The van der Waals surface area contributed by atoms with Gasteiger partial charge in [0.2, 0.25) is 5.91 Å². The molecule has 1 aromatic carbocycles. The van der Waals surface area contributed by atoms with E-state index in [2.05, 4.69) is 20.6 Å². The molecule has 2 aromatic rings. The van der Waals surface area contributed by atoms with Gasteiger partial charge in [-0.1, -0.05) is 0 Å². The van der Waals surface area contributed by atoms with Crippen LogP contribution in [0.25, 0.3) is 11.0 Å². The highest BCUT2D eigenvalue weighted by Gasteiger charge is 2.22. The number of hydrogen-bond acceptors (Lipinski definition) is 5. The summed E-state index contributed by atoms with van der Waals surface area (Å²) in [5.41, 5.74) is 3.72. The Morgan fingerprint density at radius 2 is 1.84 bits per heavy atom. The summed E-state index contributed by atoms with van der Waals surface area (Å²) in [4.78, 5) is 33.0. The van der Waals surface area contributed by atoms with Gasteiger partial charge in [-0.05, 0) is 44.9 Å². The largest absolute Gasteiger partial charge is 0.368 e. The molecule has 1 aliphatic rings. The lowest BCUT2D eigenvalue weighted by Gasteiger charge is -2.11. The monoisotopic (exact) mass is 342 g/mol. The number of aryl methyl sites for hydroxylation is 2. The molecule has 1 atom stereocenters. The minimum Gasteiger partial charge on any atom is -0.368 e. The summed E-state index contributed by atoms with van der Waals surface area (Å²) in [5.74, 6) is -0.313. The molecule has 0 spiro atoms. The van der Waals surface area contributed by atoms with E-state index in [9.17, 15) is 9.59 Å². The molecule has 2 amide bonds. The number of nitrogens with one attached hydrogen (secondary N) is 2. The molecule has 1 unspecified atom stereocenters. The molecule has 3 rings (SSSR count). The highest BCUT2D eigenvalue weighted by molar-refractivity contribution is 5.97. The Hall–Kier alpha value is -2.54. The van der Waals surface area contributed by atoms with Crippen molar-refractivity contribution in [2.75, 3.05) is 19.7 Å². The average molecular weight is 342 g/mol. The number of ether oxygens (including phenoxy) is 1. The topological polar surface area (TPSA) is 93.2 Å². The van der Waals surface area contributed by atoms with Gasteiger partial charge in [0.05, 0.1) is 22.4 Å². The zero-order valence-corrected chi connectivity index (χ0v) is 14.5. The van der Waals surface area contributed by atoms with Crippen molar-refractivity contribution < 1.29 is 14.3 Å². The van der Waals surface area contributed by atoms with Gasteiger partial charge in [-0.25, -0.2) is 9.97 Å². The molecule has 1 fully saturated rings. The number of amides is 2. The van der Waals surface area contributed by atoms with Gasteiger partial charge in [0.15, 0.2) is 0 Å². The molecule has 2 heterocycles. The van der Waals surface area contributed by atoms with E-state index in [1.807, 2.05) is 13.8 Å². The fourth-order valence-electron chi connectivity index (χ4n) is 2.73. The van der Waals surface area contributed by atoms with Gasteiger partial charge >= 0.3 is 0 Å². The Labute approximate surface area is 146 Å². The number of rotatable bonds is 5. The van der Waals surface area contributed by atoms with Crippen LogP contribution in [0.15, 0.2) is 18.2 Å². The second kappa shape index (κ2) is 7.57. The van der Waals surface area contributed by atoms with Crippen molar-refractivity contribution in [1.82, 2.24) is 20.6 Å². The van der Waals surface area contributed by atoms with E-state index < -0.39 is 0 Å². The lowest BCUT2D eigenvalue weighted by molar-refractivity contribution is -0.129. The standard InChI is InChI=1S/C18H22N4O3/c1-11-12(2)22-15-10-13(5-6-14(15)21-11)17(23)19-7-8-20-18(24)16-4-3-9-25-16/h5-6,10,16H,3-4,7-9H2,1-2H3,(H,19,23)(H,20,24). The lowest BCUT2D eigenvalue weighted by atomic mass is 10.1. The first kappa shape index (κ1) is 17.3. The number of fused-ring (bicyclic) bond motifs is 1. The molecule has 2 N–H and O–H groups in total. The van der Waals surface area contributed by atoms with Gasteiger partial charge in [-0.2, -0.15) is 0 Å². The van der Waals surface area contributed by atoms with E-state index in [-0.39, 0.29) is 17.9 Å². The van der Waals surface area contributed by atoms with Gasteiger partial charge in [0.25, 0.3) is 5.91 Å². The SMILES string of the molecule is Cc1nc2ccc(C(=O)NCCNC(=O)C3CCCO3)cc2nc1C. The third kappa shape index (κ3) is 4.11. The van der Waals surface area contributed by atoms with Crippen molar-refractivity contribution in [3.63, 3.8) is 0 Å². The Kier molecular flexibility index (Phi) is 5.23. The fraction of sp³-hybridized carbons (Fsp3) is 0.444. The highest BCUT2D eigenvalue weighted by Crippen LogP contribution is 2.14. The summed E-state index contributed by atoms with van der Waals surface area (Å²) < 4.78 is 5.31. The van der Waals surface area contributed by atoms with E-state index in [1.54, 1.807) is 18.2 Å². The van der Waals surface area contributed by atoms with E-state index in [0.717, 1.165) is 29.7 Å². The van der Waals surface area contributed by atoms with Crippen LogP contribution in [-0.2, 0) is 9.53 Å². The van der Waals surface area contributed by atoms with Crippen LogP contribution < -0.4 is 10.6 Å². The first-order chi connectivity index (χ1) is 12.0. The maximum absolute atomic E-state index is 12.2. The Morgan fingerprint density at radius 1 is 1.12 bits per heavy atom. The van der Waals surface area contributed by atoms with E-state index in [1.165, 1.54) is 0 Å². The Bertz CT molecular complexity index is 800. The number of carbonyl (C=O) groups is 2. The fourth-order valence-corrected chi connectivity index (χ4v) is 2.73. The van der Waals surface area contributed by atoms with Crippen molar-refractivity contribution in [2.24, 2.45) is 0 Å². The maximum atomic E-state index is 12.2. The summed E-state index contributed by atoms with van der Waals surface area (Å²) in [6, 6.07) is 5.25. The zero-order valence-electron chi connectivity index (χ0n) is 14.5. The molecule has 7 heteroatoms. The van der Waals surface area contributed by atoms with Crippen molar-refractivity contribution in [3.05, 3.63) is 35.2 Å². The molecular weight excluding hydrogens is 320 g/mol. The molecule has 132 valence electrons. The van der Waals surface area contributed by atoms with Gasteiger partial charge in [0.1, 0.15) is 6.10 Å². The second-order valence-corrected chi connectivity index (χ2v) is 6.15. The number of nitrogens with zero attached hydrogens (tertiary/aromatic N) is 2. The average Bonchev–Trinajstić information content (AvgIpc) is 3.13. The summed E-state index contributed by atoms with van der Waals surface area (Å²) in [5, 5.41) is 5.57. The summed E-state index contributed by atoms with van der Waals surface area (Å²) in [6.07, 6.45) is 1.33. The van der Waals surface area contributed by atoms with Crippen molar-refractivity contribution >= 4 is 22.8 Å². The van der Waals surface area contributed by atoms with Crippen molar-refractivity contribution in [1.29, 1.82) is 0 Å². The van der Waals surface area contributed by atoms with Crippen LogP contribution in [0.3, 0.4) is 0 Å². The number of benzene rings is 1. The summed E-state index contributed by atoms with van der Waals surface area (Å²) in [6.45, 7) is 5.17. The van der Waals surface area contributed by atoms with Crippen LogP contribution in [0.2, 0.25) is 0 Å².